The van der Waals surface area contributed by atoms with E-state index in [4.69, 9.17) is 0 Å². The summed E-state index contributed by atoms with van der Waals surface area (Å²) in [4.78, 5) is 12.6. The van der Waals surface area contributed by atoms with Crippen LogP contribution >= 0.6 is 15.9 Å². The average molecular weight is 354 g/mol. The number of hydrogen-bond donors (Lipinski definition) is 0. The molecule has 0 amide bonds. The molecular formula is C13H15BrF3NO2. The maximum Gasteiger partial charge on any atom is 0.418 e. The predicted molar refractivity (Wildman–Crippen MR) is 73.7 cm³/mol. The molecule has 0 atom stereocenters. The van der Waals surface area contributed by atoms with Crippen molar-refractivity contribution < 1.29 is 22.7 Å². The van der Waals surface area contributed by atoms with Gasteiger partial charge >= 0.3 is 12.1 Å². The third-order valence-electron chi connectivity index (χ3n) is 2.80. The van der Waals surface area contributed by atoms with Gasteiger partial charge in [-0.1, -0.05) is 15.9 Å². The molecule has 112 valence electrons. The molecule has 0 aliphatic heterocycles. The van der Waals surface area contributed by atoms with E-state index >= 15 is 0 Å². The quantitative estimate of drug-likeness (QED) is 0.753. The van der Waals surface area contributed by atoms with Crippen LogP contribution in [0.25, 0.3) is 0 Å². The van der Waals surface area contributed by atoms with E-state index in [2.05, 4.69) is 20.7 Å². The normalized spacial score (nSPS) is 11.3. The first-order chi connectivity index (χ1) is 9.29. The van der Waals surface area contributed by atoms with Crippen molar-refractivity contribution in [1.82, 2.24) is 0 Å². The molecule has 0 spiro atoms. The molecule has 0 bridgehead atoms. The molecule has 0 saturated carbocycles. The second-order valence-corrected chi connectivity index (χ2v) is 4.98. The van der Waals surface area contributed by atoms with Crippen molar-refractivity contribution in [2.75, 3.05) is 25.1 Å². The van der Waals surface area contributed by atoms with Gasteiger partial charge in [0.15, 0.2) is 0 Å². The van der Waals surface area contributed by atoms with Gasteiger partial charge in [-0.25, -0.2) is 0 Å². The number of alkyl halides is 3. The first-order valence-corrected chi connectivity index (χ1v) is 6.77. The number of benzene rings is 1. The molecule has 20 heavy (non-hydrogen) atoms. The summed E-state index contributed by atoms with van der Waals surface area (Å²) in [6, 6.07) is 3.78. The van der Waals surface area contributed by atoms with Gasteiger partial charge in [0, 0.05) is 17.6 Å². The van der Waals surface area contributed by atoms with Gasteiger partial charge in [0.1, 0.15) is 0 Å². The molecule has 0 heterocycles. The van der Waals surface area contributed by atoms with Gasteiger partial charge < -0.3 is 9.64 Å². The molecule has 1 aromatic rings. The zero-order chi connectivity index (χ0) is 15.3. The molecule has 1 aromatic carbocycles. The van der Waals surface area contributed by atoms with E-state index in [0.717, 1.165) is 6.07 Å². The molecule has 7 heteroatoms. The molecule has 0 aromatic heterocycles. The van der Waals surface area contributed by atoms with Crippen LogP contribution in [0.1, 0.15) is 18.9 Å². The van der Waals surface area contributed by atoms with Gasteiger partial charge in [0.2, 0.25) is 0 Å². The summed E-state index contributed by atoms with van der Waals surface area (Å²) in [6.45, 7) is 2.26. The number of hydrogen-bond acceptors (Lipinski definition) is 3. The van der Waals surface area contributed by atoms with Crippen molar-refractivity contribution in [2.45, 2.75) is 19.5 Å². The largest absolute Gasteiger partial charge is 0.469 e. The number of rotatable bonds is 5. The third-order valence-corrected chi connectivity index (χ3v) is 3.29. The number of anilines is 1. The van der Waals surface area contributed by atoms with Gasteiger partial charge in [-0.15, -0.1) is 0 Å². The van der Waals surface area contributed by atoms with Crippen molar-refractivity contribution in [3.05, 3.63) is 28.2 Å². The van der Waals surface area contributed by atoms with E-state index in [1.165, 1.54) is 24.1 Å². The van der Waals surface area contributed by atoms with Crippen LogP contribution in [0, 0.1) is 0 Å². The molecule has 0 unspecified atom stereocenters. The van der Waals surface area contributed by atoms with Gasteiger partial charge in [0.05, 0.1) is 24.8 Å². The summed E-state index contributed by atoms with van der Waals surface area (Å²) in [5, 5.41) is 0. The molecule has 0 aliphatic rings. The van der Waals surface area contributed by atoms with E-state index in [0.29, 0.717) is 11.0 Å². The van der Waals surface area contributed by atoms with Crippen LogP contribution < -0.4 is 4.90 Å². The Hall–Kier alpha value is -1.24. The Morgan fingerprint density at radius 2 is 2.05 bits per heavy atom. The van der Waals surface area contributed by atoms with Gasteiger partial charge in [-0.2, -0.15) is 13.2 Å². The lowest BCUT2D eigenvalue weighted by Gasteiger charge is -2.26. The van der Waals surface area contributed by atoms with Crippen molar-refractivity contribution >= 4 is 27.6 Å². The Morgan fingerprint density at radius 3 is 2.55 bits per heavy atom. The Bertz CT molecular complexity index is 477. The van der Waals surface area contributed by atoms with Gasteiger partial charge in [-0.3, -0.25) is 4.79 Å². The molecule has 0 aliphatic carbocycles. The van der Waals surface area contributed by atoms with E-state index in [1.54, 1.807) is 6.92 Å². The van der Waals surface area contributed by atoms with E-state index in [9.17, 15) is 18.0 Å². The number of carbonyl (C=O) groups excluding carboxylic acids is 1. The second-order valence-electron chi connectivity index (χ2n) is 4.07. The minimum atomic E-state index is -4.44. The topological polar surface area (TPSA) is 29.5 Å². The monoisotopic (exact) mass is 353 g/mol. The lowest BCUT2D eigenvalue weighted by molar-refractivity contribution is -0.140. The molecule has 0 N–H and O–H groups in total. The van der Waals surface area contributed by atoms with Crippen LogP contribution in [0.15, 0.2) is 22.7 Å². The average Bonchev–Trinajstić information content (AvgIpc) is 2.37. The highest BCUT2D eigenvalue weighted by molar-refractivity contribution is 9.10. The molecule has 0 fully saturated rings. The fourth-order valence-electron chi connectivity index (χ4n) is 1.78. The summed E-state index contributed by atoms with van der Waals surface area (Å²) >= 11 is 3.17. The Kier molecular flexibility index (Phi) is 5.86. The fraction of sp³-hybridized carbons (Fsp3) is 0.462. The number of carbonyl (C=O) groups is 1. The van der Waals surface area contributed by atoms with Crippen LogP contribution in [0.2, 0.25) is 0 Å². The second kappa shape index (κ2) is 6.97. The summed E-state index contributed by atoms with van der Waals surface area (Å²) in [6.07, 6.45) is -4.40. The van der Waals surface area contributed by atoms with Crippen LogP contribution in [-0.2, 0) is 15.7 Å². The summed E-state index contributed by atoms with van der Waals surface area (Å²) in [5.41, 5.74) is -0.661. The van der Waals surface area contributed by atoms with E-state index < -0.39 is 17.7 Å². The SMILES string of the molecule is CCN(CCC(=O)OC)c1cc(Br)ccc1C(F)(F)F. The third kappa shape index (κ3) is 4.40. The molecular weight excluding hydrogens is 339 g/mol. The minimum Gasteiger partial charge on any atom is -0.469 e. The summed E-state index contributed by atoms with van der Waals surface area (Å²) < 4.78 is 44.1. The van der Waals surface area contributed by atoms with Crippen LogP contribution in [0.5, 0.6) is 0 Å². The number of halogens is 4. The van der Waals surface area contributed by atoms with Crippen molar-refractivity contribution in [3.8, 4) is 0 Å². The number of methoxy groups -OCH3 is 1. The maximum absolute atomic E-state index is 13.0. The highest BCUT2D eigenvalue weighted by atomic mass is 79.9. The highest BCUT2D eigenvalue weighted by Gasteiger charge is 2.34. The number of esters is 1. The molecule has 0 radical (unpaired) electrons. The minimum absolute atomic E-state index is 0.0359. The van der Waals surface area contributed by atoms with Crippen LogP contribution in [0.4, 0.5) is 18.9 Å². The number of ether oxygens (including phenoxy) is 1. The van der Waals surface area contributed by atoms with Crippen LogP contribution in [-0.4, -0.2) is 26.2 Å². The van der Waals surface area contributed by atoms with E-state index in [-0.39, 0.29) is 18.7 Å². The molecule has 0 saturated heterocycles. The van der Waals surface area contributed by atoms with Crippen molar-refractivity contribution in [1.29, 1.82) is 0 Å². The molecule has 3 nitrogen and oxygen atoms in total. The van der Waals surface area contributed by atoms with Crippen LogP contribution in [0.3, 0.4) is 0 Å². The fourth-order valence-corrected chi connectivity index (χ4v) is 2.13. The first kappa shape index (κ1) is 16.8. The van der Waals surface area contributed by atoms with Gasteiger partial charge in [0.25, 0.3) is 0 Å². The van der Waals surface area contributed by atoms with E-state index in [1.807, 2.05) is 0 Å². The van der Waals surface area contributed by atoms with Gasteiger partial charge in [-0.05, 0) is 25.1 Å². The summed E-state index contributed by atoms with van der Waals surface area (Å²) in [7, 11) is 1.25. The zero-order valence-corrected chi connectivity index (χ0v) is 12.7. The molecule has 1 rings (SSSR count). The lowest BCUT2D eigenvalue weighted by Crippen LogP contribution is -2.28. The smallest absolute Gasteiger partial charge is 0.418 e. The maximum atomic E-state index is 13.0. The van der Waals surface area contributed by atoms with Crippen molar-refractivity contribution in [2.24, 2.45) is 0 Å². The Labute approximate surface area is 123 Å². The standard InChI is InChI=1S/C13H15BrF3NO2/c1-3-18(7-6-12(19)20-2)11-8-9(14)4-5-10(11)13(15,16)17/h4-5,8H,3,6-7H2,1-2H3. The Morgan fingerprint density at radius 1 is 1.40 bits per heavy atom. The number of nitrogens with zero attached hydrogens (tertiary/aromatic N) is 1. The Balaban J connectivity index is 3.07. The highest BCUT2D eigenvalue weighted by Crippen LogP contribution is 2.38. The summed E-state index contributed by atoms with van der Waals surface area (Å²) in [5.74, 6) is -0.452. The van der Waals surface area contributed by atoms with Crippen molar-refractivity contribution in [3.63, 3.8) is 0 Å². The lowest BCUT2D eigenvalue weighted by atomic mass is 10.1. The zero-order valence-electron chi connectivity index (χ0n) is 11.1. The predicted octanol–water partition coefficient (Wildman–Crippen LogP) is 3.86. The first-order valence-electron chi connectivity index (χ1n) is 5.98.